The molecule has 19 rings (SSSR count). The van der Waals surface area contributed by atoms with Crippen molar-refractivity contribution in [3.05, 3.63) is 207 Å². The lowest BCUT2D eigenvalue weighted by molar-refractivity contribution is 0.166. The standard InChI is InChI=1S/C72H57BN4O/c1-37-21-39(3)66(40(4)22-37)47-17-20-62-58(30-47)59-31-50(67-41(5)23-38(2)24-42(67)6)32-61-71(59)75(62)64-33-51(74-69-52-13-9-7-11-45(52)15-18-54(69)55-19-16-46-12-8-10-14-53(46)70(55)74)34-65-68(64)73(61)77-72(78)60-35-56-48-26-43-25-44(27-48)29-49(28-43)57(56)36-63(60)76(65)77/h7-24,30-36,43-44,48-49H,25-29H2,1-6H3. The van der Waals surface area contributed by atoms with E-state index in [0.717, 1.165) is 39.8 Å². The molecular formula is C72H57BN4O. The molecule has 4 bridgehead atoms. The maximum atomic E-state index is 16.2. The van der Waals surface area contributed by atoms with Crippen molar-refractivity contribution in [3.63, 3.8) is 0 Å². The predicted octanol–water partition coefficient (Wildman–Crippen LogP) is 16.1. The molecule has 2 fully saturated rings. The summed E-state index contributed by atoms with van der Waals surface area (Å²) in [7, 11) is 0. The summed E-state index contributed by atoms with van der Waals surface area (Å²) in [4.78, 5) is 16.2. The summed E-state index contributed by atoms with van der Waals surface area (Å²) in [6.07, 6.45) is 6.45. The summed E-state index contributed by atoms with van der Waals surface area (Å²) in [6, 6.07) is 58.4. The van der Waals surface area contributed by atoms with Gasteiger partial charge in [-0.2, -0.15) is 0 Å². The second-order valence-corrected chi connectivity index (χ2v) is 24.8. The molecule has 78 heavy (non-hydrogen) atoms. The molecule has 2 saturated carbocycles. The van der Waals surface area contributed by atoms with Gasteiger partial charge in [0.1, 0.15) is 0 Å². The number of hydrogen-bond acceptors (Lipinski definition) is 1. The molecule has 5 heterocycles. The van der Waals surface area contributed by atoms with Crippen LogP contribution in [0.2, 0.25) is 0 Å². The summed E-state index contributed by atoms with van der Waals surface area (Å²) in [5, 5.41) is 10.6. The molecular weight excluding hydrogens is 948 g/mol. The summed E-state index contributed by atoms with van der Waals surface area (Å²) >= 11 is 0. The van der Waals surface area contributed by atoms with Gasteiger partial charge in [-0.3, -0.25) is 14.1 Å². The van der Waals surface area contributed by atoms with Crippen LogP contribution in [-0.4, -0.2) is 25.3 Å². The van der Waals surface area contributed by atoms with Crippen LogP contribution in [0.1, 0.15) is 88.4 Å². The van der Waals surface area contributed by atoms with Crippen molar-refractivity contribution in [1.82, 2.24) is 18.4 Å². The van der Waals surface area contributed by atoms with E-state index in [9.17, 15) is 0 Å². The van der Waals surface area contributed by atoms with Gasteiger partial charge in [0.05, 0.1) is 44.3 Å². The minimum atomic E-state index is -0.359. The van der Waals surface area contributed by atoms with Gasteiger partial charge < -0.3 is 9.13 Å². The number of rotatable bonds is 3. The molecule has 5 nitrogen and oxygen atoms in total. The van der Waals surface area contributed by atoms with E-state index in [1.165, 1.54) is 175 Å². The summed E-state index contributed by atoms with van der Waals surface area (Å²) in [5.74, 6) is 2.66. The molecule has 4 aliphatic carbocycles. The average molecular weight is 1010 g/mol. The number of aromatic nitrogens is 4. The van der Waals surface area contributed by atoms with Gasteiger partial charge in [0.15, 0.2) is 0 Å². The van der Waals surface area contributed by atoms with Crippen LogP contribution in [0.5, 0.6) is 0 Å². The Labute approximate surface area is 453 Å². The zero-order valence-electron chi connectivity index (χ0n) is 45.1. The third kappa shape index (κ3) is 5.55. The molecule has 0 amide bonds. The largest absolute Gasteiger partial charge is 0.357 e. The fourth-order valence-electron chi connectivity index (χ4n) is 17.6. The Morgan fingerprint density at radius 1 is 0.436 bits per heavy atom. The minimum Gasteiger partial charge on any atom is -0.310 e. The lowest BCUT2D eigenvalue weighted by Gasteiger charge is -2.38. The van der Waals surface area contributed by atoms with Gasteiger partial charge in [-0.1, -0.05) is 120 Å². The number of benzene rings is 10. The van der Waals surface area contributed by atoms with Crippen molar-refractivity contribution in [2.45, 2.75) is 85.5 Å². The first-order chi connectivity index (χ1) is 38.0. The molecule has 2 atom stereocenters. The van der Waals surface area contributed by atoms with E-state index < -0.39 is 0 Å². The number of aryl methyl sites for hydroxylation is 6. The first-order valence-electron chi connectivity index (χ1n) is 28.6. The highest BCUT2D eigenvalue weighted by atomic mass is 16.1. The van der Waals surface area contributed by atoms with Gasteiger partial charge in [0, 0.05) is 43.5 Å². The zero-order valence-corrected chi connectivity index (χ0v) is 45.1. The van der Waals surface area contributed by atoms with Gasteiger partial charge in [-0.05, 0) is 212 Å². The molecule has 0 saturated heterocycles. The molecule has 6 aliphatic rings. The molecule has 0 spiro atoms. The lowest BCUT2D eigenvalue weighted by Crippen LogP contribution is -2.53. The second kappa shape index (κ2) is 15.0. The maximum Gasteiger partial charge on any atom is 0.357 e. The Morgan fingerprint density at radius 3 is 1.63 bits per heavy atom. The highest BCUT2D eigenvalue weighted by molar-refractivity contribution is 6.88. The lowest BCUT2D eigenvalue weighted by atomic mass is 9.49. The van der Waals surface area contributed by atoms with Crippen molar-refractivity contribution in [2.75, 3.05) is 0 Å². The van der Waals surface area contributed by atoms with Gasteiger partial charge in [0.2, 0.25) is 0 Å². The van der Waals surface area contributed by atoms with Crippen molar-refractivity contribution < 1.29 is 0 Å². The van der Waals surface area contributed by atoms with Crippen LogP contribution in [0.25, 0.3) is 115 Å². The molecule has 0 radical (unpaired) electrons. The molecule has 0 N–H and O–H groups in total. The van der Waals surface area contributed by atoms with E-state index in [2.05, 4.69) is 212 Å². The van der Waals surface area contributed by atoms with E-state index in [-0.39, 0.29) is 12.4 Å². The molecule has 2 aliphatic heterocycles. The number of nitrogens with zero attached hydrogens (tertiary/aromatic N) is 4. The van der Waals surface area contributed by atoms with E-state index >= 15 is 4.79 Å². The SMILES string of the molecule is Cc1cc(C)c(-c2ccc3c(c2)c2cc(-c4c(C)cc(C)cc4C)cc4c2n3-c2cc(-n3c5c6ccccc6ccc5c5ccc6ccccc6c53)cc3c2B4n2c(=O)c4cc5c(cc4n2-3)C2CC3CC(CC5C3)C2)c(C)c1. The molecule has 13 aromatic rings. The van der Waals surface area contributed by atoms with Crippen LogP contribution >= 0.6 is 0 Å². The van der Waals surface area contributed by atoms with E-state index in [0.29, 0.717) is 11.8 Å². The predicted molar refractivity (Wildman–Crippen MR) is 326 cm³/mol. The second-order valence-electron chi connectivity index (χ2n) is 24.8. The van der Waals surface area contributed by atoms with E-state index in [1.807, 2.05) is 0 Å². The van der Waals surface area contributed by atoms with Crippen LogP contribution in [0, 0.1) is 53.4 Å². The monoisotopic (exact) mass is 1000 g/mol. The Balaban J connectivity index is 1.02. The smallest absolute Gasteiger partial charge is 0.310 e. The molecule has 6 heteroatoms. The van der Waals surface area contributed by atoms with Gasteiger partial charge in [-0.15, -0.1) is 0 Å². The maximum absolute atomic E-state index is 16.2. The fraction of sp³-hybridized carbons (Fsp3) is 0.208. The molecule has 3 aromatic heterocycles. The average Bonchev–Trinajstić information content (AvgIpc) is 2.98. The topological polar surface area (TPSA) is 36.8 Å². The highest BCUT2D eigenvalue weighted by Gasteiger charge is 2.47. The highest BCUT2D eigenvalue weighted by Crippen LogP contribution is 2.57. The third-order valence-corrected chi connectivity index (χ3v) is 20.1. The summed E-state index contributed by atoms with van der Waals surface area (Å²) in [5.41, 5.74) is 27.2. The van der Waals surface area contributed by atoms with Crippen LogP contribution in [0.3, 0.4) is 0 Å². The van der Waals surface area contributed by atoms with Crippen molar-refractivity contribution in [2.24, 2.45) is 11.8 Å². The van der Waals surface area contributed by atoms with E-state index in [1.54, 1.807) is 0 Å². The molecule has 374 valence electrons. The number of fused-ring (bicyclic) bond motifs is 17. The Bertz CT molecular complexity index is 4880. The fourth-order valence-corrected chi connectivity index (χ4v) is 17.6. The van der Waals surface area contributed by atoms with Gasteiger partial charge in [-0.25, -0.2) is 0 Å². The van der Waals surface area contributed by atoms with Crippen molar-refractivity contribution in [1.29, 1.82) is 0 Å². The first-order valence-corrected chi connectivity index (χ1v) is 28.6. The Morgan fingerprint density at radius 2 is 1.00 bits per heavy atom. The van der Waals surface area contributed by atoms with Crippen molar-refractivity contribution in [3.8, 4) is 39.3 Å². The first kappa shape index (κ1) is 43.7. The molecule has 10 aromatic carbocycles. The van der Waals surface area contributed by atoms with Gasteiger partial charge >= 0.3 is 6.85 Å². The van der Waals surface area contributed by atoms with Crippen molar-refractivity contribution >= 4 is 93.8 Å². The Hall–Kier alpha value is -8.35. The normalized spacial score (nSPS) is 18.7. The van der Waals surface area contributed by atoms with E-state index in [4.69, 9.17) is 0 Å². The third-order valence-electron chi connectivity index (χ3n) is 20.1. The summed E-state index contributed by atoms with van der Waals surface area (Å²) in [6.45, 7) is 13.1. The van der Waals surface area contributed by atoms with Crippen LogP contribution in [0.4, 0.5) is 0 Å². The Kier molecular flexibility index (Phi) is 8.42. The van der Waals surface area contributed by atoms with Crippen LogP contribution in [0.15, 0.2) is 156 Å². The van der Waals surface area contributed by atoms with Gasteiger partial charge in [0.25, 0.3) is 5.56 Å². The quantitative estimate of drug-likeness (QED) is 0.163. The summed E-state index contributed by atoms with van der Waals surface area (Å²) < 4.78 is 9.79. The molecule has 2 unspecified atom stereocenters. The minimum absolute atomic E-state index is 0.109. The zero-order chi connectivity index (χ0) is 51.9. The number of hydrogen-bond donors (Lipinski definition) is 0. The van der Waals surface area contributed by atoms with Crippen LogP contribution in [-0.2, 0) is 0 Å². The van der Waals surface area contributed by atoms with Crippen LogP contribution < -0.4 is 16.5 Å².